The number of aryl methyl sites for hydroxylation is 1. The number of primary amides is 1. The second kappa shape index (κ2) is 10.1. The summed E-state index contributed by atoms with van der Waals surface area (Å²) < 4.78 is 11.4. The molecule has 3 fully saturated rings. The second-order valence-corrected chi connectivity index (χ2v) is 9.01. The van der Waals surface area contributed by atoms with E-state index in [2.05, 4.69) is 42.5 Å². The number of nitrogens with one attached hydrogen (secondary N) is 2. The van der Waals surface area contributed by atoms with Crippen LogP contribution in [-0.2, 0) is 11.2 Å². The van der Waals surface area contributed by atoms with E-state index in [0.29, 0.717) is 29.9 Å². The molecule has 4 heterocycles. The van der Waals surface area contributed by atoms with E-state index in [-0.39, 0.29) is 11.8 Å². The van der Waals surface area contributed by atoms with Gasteiger partial charge in [-0.1, -0.05) is 6.92 Å². The minimum absolute atomic E-state index is 0.0449. The average Bonchev–Trinajstić information content (AvgIpc) is 3.32. The summed E-state index contributed by atoms with van der Waals surface area (Å²) >= 11 is 0. The van der Waals surface area contributed by atoms with Gasteiger partial charge in [-0.2, -0.15) is 4.98 Å². The van der Waals surface area contributed by atoms with E-state index in [1.165, 1.54) is 5.69 Å². The molecule has 2 aromatic rings. The number of aromatic nitrogens is 2. The van der Waals surface area contributed by atoms with Crippen molar-refractivity contribution in [2.24, 2.45) is 5.73 Å². The van der Waals surface area contributed by atoms with Gasteiger partial charge in [0, 0.05) is 44.1 Å². The topological polar surface area (TPSA) is 118 Å². The van der Waals surface area contributed by atoms with Crippen LogP contribution in [0.4, 0.5) is 17.2 Å². The molecule has 3 aliphatic rings. The molecule has 0 aliphatic carbocycles. The Labute approximate surface area is 199 Å². The normalized spacial score (nSPS) is 21.3. The Morgan fingerprint density at radius 3 is 2.56 bits per heavy atom. The number of benzene rings is 1. The molecule has 1 amide bonds. The molecule has 0 spiro atoms. The lowest BCUT2D eigenvalue weighted by atomic mass is 10.1. The summed E-state index contributed by atoms with van der Waals surface area (Å²) in [5.74, 6) is 0.148. The number of piperazine rings is 1. The van der Waals surface area contributed by atoms with E-state index in [9.17, 15) is 4.79 Å². The smallest absolute Gasteiger partial charge is 0.271 e. The maximum absolute atomic E-state index is 12.1. The summed E-state index contributed by atoms with van der Waals surface area (Å²) in [4.78, 5) is 26.1. The highest BCUT2D eigenvalue weighted by atomic mass is 16.5. The van der Waals surface area contributed by atoms with Crippen LogP contribution in [0.5, 0.6) is 5.88 Å². The largest absolute Gasteiger partial charge is 0.472 e. The molecule has 182 valence electrons. The molecule has 1 atom stereocenters. The predicted molar refractivity (Wildman–Crippen MR) is 130 cm³/mol. The van der Waals surface area contributed by atoms with Crippen molar-refractivity contribution in [3.8, 4) is 5.88 Å². The van der Waals surface area contributed by atoms with Crippen LogP contribution in [0.15, 0.2) is 24.3 Å². The first-order chi connectivity index (χ1) is 16.6. The third-order valence-electron chi connectivity index (χ3n) is 6.74. The third-order valence-corrected chi connectivity index (χ3v) is 6.74. The zero-order chi connectivity index (χ0) is 23.5. The molecule has 10 nitrogen and oxygen atoms in total. The Bertz CT molecular complexity index is 998. The highest BCUT2D eigenvalue weighted by molar-refractivity contribution is 5.96. The van der Waals surface area contributed by atoms with Gasteiger partial charge in [0.2, 0.25) is 5.88 Å². The third kappa shape index (κ3) is 4.94. The fourth-order valence-electron chi connectivity index (χ4n) is 4.60. The zero-order valence-electron chi connectivity index (χ0n) is 19.6. The maximum Gasteiger partial charge on any atom is 0.271 e. The van der Waals surface area contributed by atoms with Crippen LogP contribution in [0, 0.1) is 0 Å². The van der Waals surface area contributed by atoms with Crippen LogP contribution in [0.1, 0.15) is 29.5 Å². The van der Waals surface area contributed by atoms with E-state index < -0.39 is 5.91 Å². The lowest BCUT2D eigenvalue weighted by Crippen LogP contribution is -2.56. The van der Waals surface area contributed by atoms with Crippen molar-refractivity contribution in [1.82, 2.24) is 20.2 Å². The highest BCUT2D eigenvalue weighted by Crippen LogP contribution is 2.27. The van der Waals surface area contributed by atoms with Gasteiger partial charge in [-0.15, -0.1) is 0 Å². The Balaban J connectivity index is 1.29. The molecule has 0 unspecified atom stereocenters. The maximum atomic E-state index is 12.1. The Kier molecular flexibility index (Phi) is 6.80. The van der Waals surface area contributed by atoms with Gasteiger partial charge in [0.1, 0.15) is 11.8 Å². The highest BCUT2D eigenvalue weighted by Gasteiger charge is 2.29. The van der Waals surface area contributed by atoms with E-state index in [0.717, 1.165) is 64.6 Å². The molecule has 1 aromatic carbocycles. The molecule has 0 saturated carbocycles. The predicted octanol–water partition coefficient (Wildman–Crippen LogP) is 1.14. The summed E-state index contributed by atoms with van der Waals surface area (Å²) in [5.41, 5.74) is 8.36. The molecule has 3 saturated heterocycles. The number of hydrogen-bond donors (Lipinski definition) is 3. The minimum Gasteiger partial charge on any atom is -0.472 e. The number of anilines is 3. The Hall–Kier alpha value is -2.95. The van der Waals surface area contributed by atoms with Crippen molar-refractivity contribution in [2.45, 2.75) is 31.9 Å². The summed E-state index contributed by atoms with van der Waals surface area (Å²) in [6.07, 6.45) is 1.55. The van der Waals surface area contributed by atoms with Crippen molar-refractivity contribution in [3.05, 3.63) is 35.7 Å². The number of hydrogen-bond acceptors (Lipinski definition) is 9. The number of nitrogens with zero attached hydrogens (tertiary/aromatic N) is 4. The van der Waals surface area contributed by atoms with E-state index in [1.54, 1.807) is 0 Å². The lowest BCUT2D eigenvalue weighted by molar-refractivity contribution is -0.0660. The molecule has 3 aliphatic heterocycles. The molecule has 34 heavy (non-hydrogen) atoms. The zero-order valence-corrected chi connectivity index (χ0v) is 19.6. The van der Waals surface area contributed by atoms with Crippen LogP contribution in [0.3, 0.4) is 0 Å². The SMILES string of the molecule is CCc1nc(C(N)=O)c(Nc2ccc(N3CCN(C4COC4)CC3)cc2)nc1O[C@@H]1CCNC1. The quantitative estimate of drug-likeness (QED) is 0.525. The molecular formula is C24H33N7O3. The number of amides is 1. The monoisotopic (exact) mass is 467 g/mol. The molecule has 5 rings (SSSR count). The van der Waals surface area contributed by atoms with E-state index in [4.69, 9.17) is 15.2 Å². The molecule has 1 aromatic heterocycles. The molecular weight excluding hydrogens is 434 g/mol. The minimum atomic E-state index is -0.620. The number of rotatable bonds is 8. The van der Waals surface area contributed by atoms with Crippen molar-refractivity contribution in [3.63, 3.8) is 0 Å². The van der Waals surface area contributed by atoms with Crippen LogP contribution in [0.2, 0.25) is 0 Å². The summed E-state index contributed by atoms with van der Waals surface area (Å²) in [5, 5.41) is 6.51. The summed E-state index contributed by atoms with van der Waals surface area (Å²) in [7, 11) is 0. The van der Waals surface area contributed by atoms with Crippen molar-refractivity contribution in [2.75, 3.05) is 62.7 Å². The van der Waals surface area contributed by atoms with Gasteiger partial charge in [-0.05, 0) is 43.7 Å². The fraction of sp³-hybridized carbons (Fsp3) is 0.542. The lowest BCUT2D eigenvalue weighted by Gasteiger charge is -2.43. The number of carbonyl (C=O) groups excluding carboxylic acids is 1. The van der Waals surface area contributed by atoms with Gasteiger partial charge >= 0.3 is 0 Å². The number of nitrogens with two attached hydrogens (primary N) is 1. The summed E-state index contributed by atoms with van der Waals surface area (Å²) in [6.45, 7) is 9.46. The van der Waals surface area contributed by atoms with Crippen LogP contribution in [0.25, 0.3) is 0 Å². The molecule has 0 radical (unpaired) electrons. The van der Waals surface area contributed by atoms with Gasteiger partial charge in [0.15, 0.2) is 11.5 Å². The Morgan fingerprint density at radius 1 is 1.21 bits per heavy atom. The van der Waals surface area contributed by atoms with E-state index in [1.807, 2.05) is 19.1 Å². The Morgan fingerprint density at radius 2 is 1.97 bits per heavy atom. The van der Waals surface area contributed by atoms with Gasteiger partial charge in [-0.25, -0.2) is 4.98 Å². The first-order valence-electron chi connectivity index (χ1n) is 12.1. The van der Waals surface area contributed by atoms with Gasteiger partial charge < -0.3 is 30.7 Å². The fourth-order valence-corrected chi connectivity index (χ4v) is 4.60. The van der Waals surface area contributed by atoms with Crippen LogP contribution < -0.4 is 26.0 Å². The van der Waals surface area contributed by atoms with Crippen molar-refractivity contribution in [1.29, 1.82) is 0 Å². The van der Waals surface area contributed by atoms with Crippen molar-refractivity contribution < 1.29 is 14.3 Å². The summed E-state index contributed by atoms with van der Waals surface area (Å²) in [6, 6.07) is 8.74. The standard InChI is InChI=1S/C24H33N7O3/c1-2-20-24(34-19-7-8-26-13-19)29-23(21(28-20)22(25)32)27-16-3-5-17(6-4-16)30-9-11-31(12-10-30)18-14-33-15-18/h3-6,18-19,26H,2,7-15H2,1H3,(H2,25,32)(H,27,29)/t19-/m1/s1. The van der Waals surface area contributed by atoms with Crippen LogP contribution >= 0.6 is 0 Å². The van der Waals surface area contributed by atoms with Crippen LogP contribution in [-0.4, -0.2) is 85.4 Å². The first kappa shape index (κ1) is 22.8. The number of ether oxygens (including phenoxy) is 2. The molecule has 10 heteroatoms. The number of carbonyl (C=O) groups is 1. The van der Waals surface area contributed by atoms with Gasteiger partial charge in [-0.3, -0.25) is 9.69 Å². The molecule has 0 bridgehead atoms. The van der Waals surface area contributed by atoms with Gasteiger partial charge in [0.05, 0.1) is 19.3 Å². The van der Waals surface area contributed by atoms with Crippen molar-refractivity contribution >= 4 is 23.1 Å². The molecule has 4 N–H and O–H groups in total. The van der Waals surface area contributed by atoms with E-state index >= 15 is 0 Å². The average molecular weight is 468 g/mol. The second-order valence-electron chi connectivity index (χ2n) is 9.01. The van der Waals surface area contributed by atoms with Gasteiger partial charge in [0.25, 0.3) is 5.91 Å². The first-order valence-corrected chi connectivity index (χ1v) is 12.1.